The normalized spacial score (nSPS) is 22.0. The monoisotopic (exact) mass is 445 g/mol. The van der Waals surface area contributed by atoms with Gasteiger partial charge in [0, 0.05) is 24.4 Å². The molecule has 1 amide bonds. The van der Waals surface area contributed by atoms with Crippen molar-refractivity contribution in [3.63, 3.8) is 0 Å². The Labute approximate surface area is 192 Å². The SMILES string of the molecule is CO/N=C1\C[C@@H](c2nc(C3CCCNC3)no2)N(C(=O)c2ccc(-c3ccccc3)cc2)C1. The Hall–Kier alpha value is -3.52. The van der Waals surface area contributed by atoms with Crippen LogP contribution in [0.15, 0.2) is 64.3 Å². The third-order valence-electron chi connectivity index (χ3n) is 6.28. The van der Waals surface area contributed by atoms with Crippen LogP contribution in [0.2, 0.25) is 0 Å². The molecule has 1 unspecified atom stereocenters. The molecule has 2 aromatic carbocycles. The van der Waals surface area contributed by atoms with Crippen molar-refractivity contribution in [2.24, 2.45) is 5.16 Å². The van der Waals surface area contributed by atoms with Crippen LogP contribution >= 0.6 is 0 Å². The van der Waals surface area contributed by atoms with Gasteiger partial charge in [-0.2, -0.15) is 4.98 Å². The van der Waals surface area contributed by atoms with Gasteiger partial charge in [-0.25, -0.2) is 0 Å². The maximum Gasteiger partial charge on any atom is 0.254 e. The molecule has 2 saturated heterocycles. The van der Waals surface area contributed by atoms with E-state index in [-0.39, 0.29) is 17.9 Å². The molecule has 0 spiro atoms. The van der Waals surface area contributed by atoms with E-state index in [1.54, 1.807) is 4.90 Å². The molecule has 33 heavy (non-hydrogen) atoms. The molecule has 0 bridgehead atoms. The zero-order valence-electron chi connectivity index (χ0n) is 18.6. The first-order valence-corrected chi connectivity index (χ1v) is 11.3. The average molecular weight is 446 g/mol. The molecular weight excluding hydrogens is 418 g/mol. The quantitative estimate of drug-likeness (QED) is 0.601. The van der Waals surface area contributed by atoms with E-state index < -0.39 is 0 Å². The van der Waals surface area contributed by atoms with Crippen LogP contribution in [-0.2, 0) is 4.84 Å². The lowest BCUT2D eigenvalue weighted by Gasteiger charge is -2.21. The summed E-state index contributed by atoms with van der Waals surface area (Å²) in [7, 11) is 1.51. The fourth-order valence-electron chi connectivity index (χ4n) is 4.56. The van der Waals surface area contributed by atoms with Gasteiger partial charge in [-0.05, 0) is 42.6 Å². The minimum Gasteiger partial charge on any atom is -0.399 e. The topological polar surface area (TPSA) is 92.8 Å². The maximum atomic E-state index is 13.5. The number of nitrogens with zero attached hydrogens (tertiary/aromatic N) is 4. The Morgan fingerprint density at radius 2 is 1.94 bits per heavy atom. The highest BCUT2D eigenvalue weighted by Crippen LogP contribution is 2.33. The van der Waals surface area contributed by atoms with Gasteiger partial charge in [0.1, 0.15) is 13.2 Å². The minimum absolute atomic E-state index is 0.0972. The first-order chi connectivity index (χ1) is 16.2. The number of carbonyl (C=O) groups excluding carboxylic acids is 1. The highest BCUT2D eigenvalue weighted by molar-refractivity contribution is 6.00. The number of benzene rings is 2. The van der Waals surface area contributed by atoms with Crippen LogP contribution < -0.4 is 5.32 Å². The highest BCUT2D eigenvalue weighted by Gasteiger charge is 2.39. The van der Waals surface area contributed by atoms with E-state index >= 15 is 0 Å². The fourth-order valence-corrected chi connectivity index (χ4v) is 4.56. The molecular formula is C25H27N5O3. The van der Waals surface area contributed by atoms with Crippen molar-refractivity contribution in [3.05, 3.63) is 71.9 Å². The number of likely N-dealkylation sites (tertiary alicyclic amines) is 1. The third kappa shape index (κ3) is 4.52. The zero-order chi connectivity index (χ0) is 22.6. The number of rotatable bonds is 5. The number of amides is 1. The lowest BCUT2D eigenvalue weighted by atomic mass is 9.99. The highest BCUT2D eigenvalue weighted by atomic mass is 16.6. The third-order valence-corrected chi connectivity index (χ3v) is 6.28. The molecule has 1 aromatic heterocycles. The average Bonchev–Trinajstić information content (AvgIpc) is 3.53. The summed E-state index contributed by atoms with van der Waals surface area (Å²) in [5, 5.41) is 11.7. The van der Waals surface area contributed by atoms with Gasteiger partial charge in [0.15, 0.2) is 5.82 Å². The predicted molar refractivity (Wildman–Crippen MR) is 124 cm³/mol. The molecule has 2 aliphatic rings. The summed E-state index contributed by atoms with van der Waals surface area (Å²) in [6.07, 6.45) is 2.63. The molecule has 8 heteroatoms. The van der Waals surface area contributed by atoms with Crippen LogP contribution in [0.4, 0.5) is 0 Å². The standard InChI is InChI=1S/C25H27N5O3/c1-32-28-21-14-22(24-27-23(29-33-24)20-8-5-13-26-15-20)30(16-21)25(31)19-11-9-18(10-12-19)17-6-3-2-4-7-17/h2-4,6-7,9-12,20,22,26H,5,8,13-16H2,1H3/b28-21+/t20?,22-/m0/s1. The number of nitrogens with one attached hydrogen (secondary N) is 1. The molecule has 3 heterocycles. The molecule has 170 valence electrons. The Morgan fingerprint density at radius 3 is 2.67 bits per heavy atom. The van der Waals surface area contributed by atoms with Crippen LogP contribution in [0.3, 0.4) is 0 Å². The second-order valence-corrected chi connectivity index (χ2v) is 8.47. The van der Waals surface area contributed by atoms with Gasteiger partial charge < -0.3 is 19.6 Å². The van der Waals surface area contributed by atoms with Crippen molar-refractivity contribution in [2.45, 2.75) is 31.2 Å². The summed E-state index contributed by atoms with van der Waals surface area (Å²) in [6, 6.07) is 17.4. The van der Waals surface area contributed by atoms with E-state index in [4.69, 9.17) is 9.36 Å². The van der Waals surface area contributed by atoms with Crippen molar-refractivity contribution >= 4 is 11.6 Å². The second kappa shape index (κ2) is 9.54. The number of piperidine rings is 1. The lowest BCUT2D eigenvalue weighted by molar-refractivity contribution is 0.0713. The van der Waals surface area contributed by atoms with Gasteiger partial charge in [0.05, 0.1) is 12.3 Å². The van der Waals surface area contributed by atoms with E-state index in [1.807, 2.05) is 42.5 Å². The molecule has 2 atom stereocenters. The van der Waals surface area contributed by atoms with E-state index in [1.165, 1.54) is 7.11 Å². The van der Waals surface area contributed by atoms with Crippen molar-refractivity contribution in [1.82, 2.24) is 20.4 Å². The smallest absolute Gasteiger partial charge is 0.254 e. The maximum absolute atomic E-state index is 13.5. The van der Waals surface area contributed by atoms with Gasteiger partial charge in [-0.1, -0.05) is 52.8 Å². The van der Waals surface area contributed by atoms with Crippen LogP contribution in [0.25, 0.3) is 11.1 Å². The van der Waals surface area contributed by atoms with Crippen LogP contribution in [0.1, 0.15) is 53.3 Å². The largest absolute Gasteiger partial charge is 0.399 e. The number of carbonyl (C=O) groups is 1. The Bertz CT molecular complexity index is 1120. The van der Waals surface area contributed by atoms with Crippen molar-refractivity contribution in [2.75, 3.05) is 26.7 Å². The molecule has 0 saturated carbocycles. The number of oxime groups is 1. The predicted octanol–water partition coefficient (Wildman–Crippen LogP) is 3.79. The molecule has 5 rings (SSSR count). The summed E-state index contributed by atoms with van der Waals surface area (Å²) >= 11 is 0. The van der Waals surface area contributed by atoms with E-state index in [0.717, 1.165) is 42.8 Å². The Kier molecular flexibility index (Phi) is 6.17. The minimum atomic E-state index is -0.363. The lowest BCUT2D eigenvalue weighted by Crippen LogP contribution is -2.31. The summed E-state index contributed by atoms with van der Waals surface area (Å²) in [5.74, 6) is 1.29. The zero-order valence-corrected chi connectivity index (χ0v) is 18.6. The second-order valence-electron chi connectivity index (χ2n) is 8.47. The van der Waals surface area contributed by atoms with Gasteiger partial charge in [0.2, 0.25) is 5.89 Å². The number of hydrogen-bond acceptors (Lipinski definition) is 7. The van der Waals surface area contributed by atoms with Crippen molar-refractivity contribution in [1.29, 1.82) is 0 Å². The molecule has 2 aliphatic heterocycles. The first-order valence-electron chi connectivity index (χ1n) is 11.3. The number of aromatic nitrogens is 2. The summed E-state index contributed by atoms with van der Waals surface area (Å²) in [6.45, 7) is 2.23. The summed E-state index contributed by atoms with van der Waals surface area (Å²) < 4.78 is 5.64. The molecule has 0 aliphatic carbocycles. The molecule has 3 aromatic rings. The van der Waals surface area contributed by atoms with Gasteiger partial charge >= 0.3 is 0 Å². The van der Waals surface area contributed by atoms with Crippen molar-refractivity contribution in [3.8, 4) is 11.1 Å². The first kappa shape index (κ1) is 21.3. The fraction of sp³-hybridized carbons (Fsp3) is 0.360. The Morgan fingerprint density at radius 1 is 1.15 bits per heavy atom. The summed E-state index contributed by atoms with van der Waals surface area (Å²) in [5.41, 5.74) is 3.56. The molecule has 2 fully saturated rings. The van der Waals surface area contributed by atoms with Gasteiger partial charge in [-0.15, -0.1) is 0 Å². The van der Waals surface area contributed by atoms with Crippen LogP contribution in [0, 0.1) is 0 Å². The van der Waals surface area contributed by atoms with Crippen LogP contribution in [0.5, 0.6) is 0 Å². The summed E-state index contributed by atoms with van der Waals surface area (Å²) in [4.78, 5) is 24.9. The van der Waals surface area contributed by atoms with Gasteiger partial charge in [0.25, 0.3) is 5.91 Å². The van der Waals surface area contributed by atoms with E-state index in [9.17, 15) is 4.79 Å². The molecule has 1 N–H and O–H groups in total. The van der Waals surface area contributed by atoms with Crippen molar-refractivity contribution < 1.29 is 14.2 Å². The molecule has 0 radical (unpaired) electrons. The van der Waals surface area contributed by atoms with Gasteiger partial charge in [-0.3, -0.25) is 4.79 Å². The van der Waals surface area contributed by atoms with E-state index in [2.05, 4.69) is 32.7 Å². The number of hydrogen-bond donors (Lipinski definition) is 1. The van der Waals surface area contributed by atoms with E-state index in [0.29, 0.717) is 30.2 Å². The van der Waals surface area contributed by atoms with Crippen LogP contribution in [-0.4, -0.2) is 53.4 Å². The molecule has 8 nitrogen and oxygen atoms in total. The Balaban J connectivity index is 1.38.